The number of nitrogens with one attached hydrogen (secondary N) is 1. The molecule has 2 rings (SSSR count). The molecule has 0 saturated carbocycles. The fraction of sp³-hybridized carbons (Fsp3) is 0.263. The van der Waals surface area contributed by atoms with Crippen molar-refractivity contribution in [2.45, 2.75) is 26.5 Å². The van der Waals surface area contributed by atoms with Crippen LogP contribution in [0.5, 0.6) is 5.75 Å². The Hall–Kier alpha value is -2.34. The zero-order chi connectivity index (χ0) is 18.4. The van der Waals surface area contributed by atoms with Gasteiger partial charge in [-0.15, -0.1) is 0 Å². The quantitative estimate of drug-likeness (QED) is 0.795. The SMILES string of the molecule is CC(=O)N(C)Cc1cccc(NC(=O)C(C)Oc2ccccc2Br)c1. The number of carbonyl (C=O) groups excluding carboxylic acids is 2. The Morgan fingerprint density at radius 2 is 1.92 bits per heavy atom. The molecule has 2 amide bonds. The zero-order valence-electron chi connectivity index (χ0n) is 14.5. The lowest BCUT2D eigenvalue weighted by Crippen LogP contribution is -2.30. The Balaban J connectivity index is 2.00. The Labute approximate surface area is 156 Å². The van der Waals surface area contributed by atoms with Gasteiger partial charge in [-0.05, 0) is 52.7 Å². The number of hydrogen-bond acceptors (Lipinski definition) is 3. The molecule has 25 heavy (non-hydrogen) atoms. The Morgan fingerprint density at radius 1 is 1.20 bits per heavy atom. The fourth-order valence-corrected chi connectivity index (χ4v) is 2.54. The van der Waals surface area contributed by atoms with Crippen molar-refractivity contribution in [3.05, 3.63) is 58.6 Å². The summed E-state index contributed by atoms with van der Waals surface area (Å²) in [4.78, 5) is 25.3. The first-order valence-electron chi connectivity index (χ1n) is 7.89. The summed E-state index contributed by atoms with van der Waals surface area (Å²) >= 11 is 3.40. The van der Waals surface area contributed by atoms with Gasteiger partial charge in [-0.3, -0.25) is 9.59 Å². The number of carbonyl (C=O) groups is 2. The van der Waals surface area contributed by atoms with E-state index in [4.69, 9.17) is 4.74 Å². The fourth-order valence-electron chi connectivity index (χ4n) is 2.16. The van der Waals surface area contributed by atoms with Gasteiger partial charge in [0.1, 0.15) is 5.75 Å². The van der Waals surface area contributed by atoms with E-state index >= 15 is 0 Å². The Bertz CT molecular complexity index is 764. The van der Waals surface area contributed by atoms with E-state index in [-0.39, 0.29) is 11.8 Å². The summed E-state index contributed by atoms with van der Waals surface area (Å²) in [6.45, 7) is 3.70. The largest absolute Gasteiger partial charge is 0.480 e. The third kappa shape index (κ3) is 5.60. The molecule has 132 valence electrons. The van der Waals surface area contributed by atoms with Gasteiger partial charge in [-0.1, -0.05) is 24.3 Å². The predicted molar refractivity (Wildman–Crippen MR) is 101 cm³/mol. The molecule has 0 heterocycles. The first kappa shape index (κ1) is 19.0. The number of halogens is 1. The van der Waals surface area contributed by atoms with Crippen molar-refractivity contribution in [3.8, 4) is 5.75 Å². The smallest absolute Gasteiger partial charge is 0.265 e. The minimum absolute atomic E-state index is 0.00935. The van der Waals surface area contributed by atoms with E-state index in [0.717, 1.165) is 10.0 Å². The number of rotatable bonds is 6. The van der Waals surface area contributed by atoms with E-state index in [9.17, 15) is 9.59 Å². The standard InChI is InChI=1S/C19H21BrN2O3/c1-13(25-18-10-5-4-9-17(18)20)19(24)21-16-8-6-7-15(11-16)12-22(3)14(2)23/h4-11,13H,12H2,1-3H3,(H,21,24). The molecule has 1 atom stereocenters. The molecule has 5 nitrogen and oxygen atoms in total. The second-order valence-electron chi connectivity index (χ2n) is 5.76. The minimum Gasteiger partial charge on any atom is -0.480 e. The number of anilines is 1. The van der Waals surface area contributed by atoms with Crippen molar-refractivity contribution >= 4 is 33.4 Å². The van der Waals surface area contributed by atoms with Crippen LogP contribution in [0.15, 0.2) is 53.0 Å². The summed E-state index contributed by atoms with van der Waals surface area (Å²) in [5.41, 5.74) is 1.61. The van der Waals surface area contributed by atoms with Gasteiger partial charge in [-0.25, -0.2) is 0 Å². The molecule has 0 radical (unpaired) electrons. The van der Waals surface area contributed by atoms with E-state index in [1.165, 1.54) is 6.92 Å². The first-order chi connectivity index (χ1) is 11.9. The molecule has 1 unspecified atom stereocenters. The maximum absolute atomic E-state index is 12.4. The highest BCUT2D eigenvalue weighted by molar-refractivity contribution is 9.10. The van der Waals surface area contributed by atoms with Crippen LogP contribution in [0.1, 0.15) is 19.4 Å². The summed E-state index contributed by atoms with van der Waals surface area (Å²) < 4.78 is 6.49. The molecule has 2 aromatic carbocycles. The van der Waals surface area contributed by atoms with E-state index < -0.39 is 6.10 Å². The van der Waals surface area contributed by atoms with Gasteiger partial charge in [0.25, 0.3) is 5.91 Å². The molecule has 0 bridgehead atoms. The van der Waals surface area contributed by atoms with Gasteiger partial charge >= 0.3 is 0 Å². The molecule has 1 N–H and O–H groups in total. The number of amides is 2. The zero-order valence-corrected chi connectivity index (χ0v) is 16.0. The van der Waals surface area contributed by atoms with Crippen LogP contribution in [-0.2, 0) is 16.1 Å². The maximum Gasteiger partial charge on any atom is 0.265 e. The summed E-state index contributed by atoms with van der Waals surface area (Å²) in [6.07, 6.45) is -0.651. The van der Waals surface area contributed by atoms with Crippen molar-refractivity contribution in [3.63, 3.8) is 0 Å². The van der Waals surface area contributed by atoms with Gasteiger partial charge in [0.2, 0.25) is 5.91 Å². The molecular weight excluding hydrogens is 384 g/mol. The van der Waals surface area contributed by atoms with E-state index in [2.05, 4.69) is 21.2 Å². The second-order valence-corrected chi connectivity index (χ2v) is 6.61. The maximum atomic E-state index is 12.4. The topological polar surface area (TPSA) is 58.6 Å². The molecule has 0 aliphatic heterocycles. The third-order valence-corrected chi connectivity index (χ3v) is 4.32. The van der Waals surface area contributed by atoms with Crippen LogP contribution in [0, 0.1) is 0 Å². The summed E-state index contributed by atoms with van der Waals surface area (Å²) in [5.74, 6) is 0.361. The number of ether oxygens (including phenoxy) is 1. The molecule has 0 aliphatic rings. The number of nitrogens with zero attached hydrogens (tertiary/aromatic N) is 1. The lowest BCUT2D eigenvalue weighted by molar-refractivity contribution is -0.128. The number of hydrogen-bond donors (Lipinski definition) is 1. The normalized spacial score (nSPS) is 11.5. The van der Waals surface area contributed by atoms with Crippen LogP contribution < -0.4 is 10.1 Å². The molecule has 0 fully saturated rings. The lowest BCUT2D eigenvalue weighted by Gasteiger charge is -2.17. The molecule has 2 aromatic rings. The molecule has 6 heteroatoms. The van der Waals surface area contributed by atoms with Crippen LogP contribution in [0.25, 0.3) is 0 Å². The summed E-state index contributed by atoms with van der Waals surface area (Å²) in [5, 5.41) is 2.84. The van der Waals surface area contributed by atoms with Crippen molar-refractivity contribution in [1.29, 1.82) is 0 Å². The molecule has 0 aliphatic carbocycles. The molecule has 0 saturated heterocycles. The highest BCUT2D eigenvalue weighted by Gasteiger charge is 2.16. The monoisotopic (exact) mass is 404 g/mol. The summed E-state index contributed by atoms with van der Waals surface area (Å²) in [6, 6.07) is 14.8. The number of para-hydroxylation sites is 1. The Morgan fingerprint density at radius 3 is 2.60 bits per heavy atom. The van der Waals surface area contributed by atoms with Crippen LogP contribution in [0.2, 0.25) is 0 Å². The second kappa shape index (κ2) is 8.67. The van der Waals surface area contributed by atoms with Crippen LogP contribution in [0.4, 0.5) is 5.69 Å². The van der Waals surface area contributed by atoms with E-state index in [0.29, 0.717) is 18.0 Å². The van der Waals surface area contributed by atoms with Crippen molar-refractivity contribution in [1.82, 2.24) is 4.90 Å². The van der Waals surface area contributed by atoms with Gasteiger partial charge in [-0.2, -0.15) is 0 Å². The van der Waals surface area contributed by atoms with E-state index in [1.54, 1.807) is 31.0 Å². The average Bonchev–Trinajstić information content (AvgIpc) is 2.57. The first-order valence-corrected chi connectivity index (χ1v) is 8.69. The molecule has 0 spiro atoms. The van der Waals surface area contributed by atoms with Crippen molar-refractivity contribution in [2.75, 3.05) is 12.4 Å². The highest BCUT2D eigenvalue weighted by atomic mass is 79.9. The van der Waals surface area contributed by atoms with Crippen molar-refractivity contribution < 1.29 is 14.3 Å². The molecular formula is C19H21BrN2O3. The van der Waals surface area contributed by atoms with Crippen LogP contribution >= 0.6 is 15.9 Å². The van der Waals surface area contributed by atoms with Crippen LogP contribution in [0.3, 0.4) is 0 Å². The van der Waals surface area contributed by atoms with Gasteiger partial charge < -0.3 is 15.0 Å². The average molecular weight is 405 g/mol. The number of benzene rings is 2. The predicted octanol–water partition coefficient (Wildman–Crippen LogP) is 3.83. The highest BCUT2D eigenvalue weighted by Crippen LogP contribution is 2.25. The lowest BCUT2D eigenvalue weighted by atomic mass is 10.2. The third-order valence-electron chi connectivity index (χ3n) is 3.66. The van der Waals surface area contributed by atoms with Crippen LogP contribution in [-0.4, -0.2) is 29.9 Å². The molecule has 0 aromatic heterocycles. The summed E-state index contributed by atoms with van der Waals surface area (Å²) in [7, 11) is 1.74. The van der Waals surface area contributed by atoms with Gasteiger partial charge in [0.15, 0.2) is 6.10 Å². The van der Waals surface area contributed by atoms with E-state index in [1.807, 2.05) is 36.4 Å². The van der Waals surface area contributed by atoms with Gasteiger partial charge in [0.05, 0.1) is 4.47 Å². The Kier molecular flexibility index (Phi) is 6.58. The van der Waals surface area contributed by atoms with Gasteiger partial charge in [0, 0.05) is 26.2 Å². The minimum atomic E-state index is -0.651. The van der Waals surface area contributed by atoms with Crippen molar-refractivity contribution in [2.24, 2.45) is 0 Å².